The number of phenolic OH excluding ortho intramolecular Hbond substituents is 1. The number of hydrogen-bond donors (Lipinski definition) is 1. The fraction of sp³-hybridized carbons (Fsp3) is 0.333. The summed E-state index contributed by atoms with van der Waals surface area (Å²) < 4.78 is 36.5. The lowest BCUT2D eigenvalue weighted by atomic mass is 10.1. The molecule has 0 bridgehead atoms. The second-order valence-electron chi connectivity index (χ2n) is 2.74. The topological polar surface area (TPSA) is 20.2 Å². The Labute approximate surface area is 73.8 Å². The molecular formula is C9H9F3O. The zero-order valence-corrected chi connectivity index (χ0v) is 7.02. The van der Waals surface area contributed by atoms with Gasteiger partial charge in [0.05, 0.1) is 5.56 Å². The first kappa shape index (κ1) is 9.89. The van der Waals surface area contributed by atoms with Crippen LogP contribution in [0.3, 0.4) is 0 Å². The van der Waals surface area contributed by atoms with Gasteiger partial charge in [-0.05, 0) is 30.2 Å². The smallest absolute Gasteiger partial charge is 0.416 e. The highest BCUT2D eigenvalue weighted by atomic mass is 19.4. The van der Waals surface area contributed by atoms with E-state index in [1.165, 1.54) is 6.07 Å². The first-order valence-corrected chi connectivity index (χ1v) is 3.83. The number of aryl methyl sites for hydroxylation is 1. The van der Waals surface area contributed by atoms with Crippen molar-refractivity contribution in [1.29, 1.82) is 0 Å². The Morgan fingerprint density at radius 1 is 1.23 bits per heavy atom. The lowest BCUT2D eigenvalue weighted by molar-refractivity contribution is -0.137. The van der Waals surface area contributed by atoms with Crippen LogP contribution in [0.1, 0.15) is 18.1 Å². The Hall–Kier alpha value is -1.19. The van der Waals surface area contributed by atoms with Crippen LogP contribution in [0.5, 0.6) is 5.75 Å². The Morgan fingerprint density at radius 2 is 1.85 bits per heavy atom. The number of rotatable bonds is 1. The van der Waals surface area contributed by atoms with Crippen molar-refractivity contribution in [3.63, 3.8) is 0 Å². The van der Waals surface area contributed by atoms with Gasteiger partial charge < -0.3 is 5.11 Å². The molecule has 0 aliphatic rings. The molecule has 1 aromatic carbocycles. The third-order valence-corrected chi connectivity index (χ3v) is 1.71. The summed E-state index contributed by atoms with van der Waals surface area (Å²) in [6.45, 7) is 1.73. The van der Waals surface area contributed by atoms with Gasteiger partial charge in [-0.2, -0.15) is 13.2 Å². The van der Waals surface area contributed by atoms with E-state index in [2.05, 4.69) is 0 Å². The van der Waals surface area contributed by atoms with Crippen molar-refractivity contribution < 1.29 is 18.3 Å². The summed E-state index contributed by atoms with van der Waals surface area (Å²) >= 11 is 0. The highest BCUT2D eigenvalue weighted by molar-refractivity contribution is 5.34. The SMILES string of the molecule is CCc1cc(O)cc(C(F)(F)F)c1. The van der Waals surface area contributed by atoms with Crippen molar-refractivity contribution in [3.8, 4) is 5.75 Å². The minimum absolute atomic E-state index is 0.341. The molecular weight excluding hydrogens is 181 g/mol. The average Bonchev–Trinajstić information content (AvgIpc) is 2.01. The van der Waals surface area contributed by atoms with Gasteiger partial charge in [-0.15, -0.1) is 0 Å². The molecule has 0 amide bonds. The predicted octanol–water partition coefficient (Wildman–Crippen LogP) is 2.97. The van der Waals surface area contributed by atoms with E-state index in [4.69, 9.17) is 5.11 Å². The van der Waals surface area contributed by atoms with Crippen LogP contribution in [0.25, 0.3) is 0 Å². The minimum atomic E-state index is -4.39. The first-order valence-electron chi connectivity index (χ1n) is 3.83. The van der Waals surface area contributed by atoms with Gasteiger partial charge in [-0.25, -0.2) is 0 Å². The van der Waals surface area contributed by atoms with E-state index in [1.807, 2.05) is 0 Å². The number of phenols is 1. The van der Waals surface area contributed by atoms with Crippen molar-refractivity contribution in [2.24, 2.45) is 0 Å². The summed E-state index contributed by atoms with van der Waals surface area (Å²) in [4.78, 5) is 0. The summed E-state index contributed by atoms with van der Waals surface area (Å²) in [5.74, 6) is -0.341. The molecule has 0 radical (unpaired) electrons. The largest absolute Gasteiger partial charge is 0.508 e. The third-order valence-electron chi connectivity index (χ3n) is 1.71. The van der Waals surface area contributed by atoms with Gasteiger partial charge in [0.15, 0.2) is 0 Å². The van der Waals surface area contributed by atoms with Crippen molar-refractivity contribution in [3.05, 3.63) is 29.3 Å². The molecule has 0 aliphatic heterocycles. The van der Waals surface area contributed by atoms with E-state index in [9.17, 15) is 13.2 Å². The van der Waals surface area contributed by atoms with Crippen LogP contribution in [0, 0.1) is 0 Å². The maximum atomic E-state index is 12.2. The zero-order chi connectivity index (χ0) is 10.1. The van der Waals surface area contributed by atoms with Crippen LogP contribution in [0.15, 0.2) is 18.2 Å². The third kappa shape index (κ3) is 2.37. The molecule has 1 aromatic rings. The van der Waals surface area contributed by atoms with E-state index < -0.39 is 11.7 Å². The quantitative estimate of drug-likeness (QED) is 0.721. The molecule has 0 atom stereocenters. The van der Waals surface area contributed by atoms with E-state index in [1.54, 1.807) is 6.92 Å². The maximum Gasteiger partial charge on any atom is 0.416 e. The van der Waals surface area contributed by atoms with Gasteiger partial charge in [-0.1, -0.05) is 6.92 Å². The summed E-state index contributed by atoms with van der Waals surface area (Å²) in [5.41, 5.74) is -0.323. The van der Waals surface area contributed by atoms with Gasteiger partial charge in [0.25, 0.3) is 0 Å². The molecule has 1 N–H and O–H groups in total. The molecule has 13 heavy (non-hydrogen) atoms. The Balaban J connectivity index is 3.16. The summed E-state index contributed by atoms with van der Waals surface area (Å²) in [6, 6.07) is 3.09. The van der Waals surface area contributed by atoms with Crippen molar-refractivity contribution in [2.45, 2.75) is 19.5 Å². The van der Waals surface area contributed by atoms with Crippen LogP contribution in [0.4, 0.5) is 13.2 Å². The van der Waals surface area contributed by atoms with Crippen LogP contribution < -0.4 is 0 Å². The molecule has 1 nitrogen and oxygen atoms in total. The second kappa shape index (κ2) is 3.28. The Bertz CT molecular complexity index is 304. The first-order chi connectivity index (χ1) is 5.93. The number of aromatic hydroxyl groups is 1. The number of hydrogen-bond acceptors (Lipinski definition) is 1. The molecule has 72 valence electrons. The van der Waals surface area contributed by atoms with Crippen LogP contribution in [0.2, 0.25) is 0 Å². The summed E-state index contributed by atoms with van der Waals surface area (Å²) in [6.07, 6.45) is -3.92. The van der Waals surface area contributed by atoms with E-state index in [0.29, 0.717) is 12.0 Å². The van der Waals surface area contributed by atoms with Crippen molar-refractivity contribution >= 4 is 0 Å². The molecule has 0 fully saturated rings. The normalized spacial score (nSPS) is 11.7. The molecule has 0 aliphatic carbocycles. The fourth-order valence-electron chi connectivity index (χ4n) is 1.04. The highest BCUT2D eigenvalue weighted by Crippen LogP contribution is 2.32. The molecule has 0 aromatic heterocycles. The predicted molar refractivity (Wildman–Crippen MR) is 42.5 cm³/mol. The monoisotopic (exact) mass is 190 g/mol. The van der Waals surface area contributed by atoms with E-state index in [0.717, 1.165) is 12.1 Å². The van der Waals surface area contributed by atoms with Crippen molar-refractivity contribution in [2.75, 3.05) is 0 Å². The second-order valence-corrected chi connectivity index (χ2v) is 2.74. The van der Waals surface area contributed by atoms with Crippen LogP contribution in [-0.4, -0.2) is 5.11 Å². The standard InChI is InChI=1S/C9H9F3O/c1-2-6-3-7(9(10,11)12)5-8(13)4-6/h3-5,13H,2H2,1H3. The number of alkyl halides is 3. The van der Waals surface area contributed by atoms with Crippen molar-refractivity contribution in [1.82, 2.24) is 0 Å². The molecule has 0 spiro atoms. The van der Waals surface area contributed by atoms with E-state index >= 15 is 0 Å². The number of halogens is 3. The summed E-state index contributed by atoms with van der Waals surface area (Å²) in [7, 11) is 0. The minimum Gasteiger partial charge on any atom is -0.508 e. The summed E-state index contributed by atoms with van der Waals surface area (Å²) in [5, 5.41) is 8.99. The zero-order valence-electron chi connectivity index (χ0n) is 7.02. The maximum absolute atomic E-state index is 12.2. The van der Waals surface area contributed by atoms with Gasteiger partial charge in [-0.3, -0.25) is 0 Å². The molecule has 0 saturated carbocycles. The van der Waals surface area contributed by atoms with E-state index in [-0.39, 0.29) is 5.75 Å². The van der Waals surface area contributed by atoms with Crippen LogP contribution in [-0.2, 0) is 12.6 Å². The Morgan fingerprint density at radius 3 is 2.31 bits per heavy atom. The molecule has 1 rings (SSSR count). The lowest BCUT2D eigenvalue weighted by Crippen LogP contribution is -2.05. The lowest BCUT2D eigenvalue weighted by Gasteiger charge is -2.08. The van der Waals surface area contributed by atoms with Gasteiger partial charge in [0.2, 0.25) is 0 Å². The molecule has 0 heterocycles. The average molecular weight is 190 g/mol. The van der Waals surface area contributed by atoms with Gasteiger partial charge in [0.1, 0.15) is 5.75 Å². The molecule has 0 saturated heterocycles. The fourth-order valence-corrected chi connectivity index (χ4v) is 1.04. The Kier molecular flexibility index (Phi) is 2.50. The highest BCUT2D eigenvalue weighted by Gasteiger charge is 2.31. The van der Waals surface area contributed by atoms with Gasteiger partial charge >= 0.3 is 6.18 Å². The van der Waals surface area contributed by atoms with Gasteiger partial charge in [0, 0.05) is 0 Å². The van der Waals surface area contributed by atoms with Crippen LogP contribution >= 0.6 is 0 Å². The number of benzene rings is 1. The molecule has 4 heteroatoms. The molecule has 0 unspecified atom stereocenters.